The number of ether oxygens (including phenoxy) is 1. The van der Waals surface area contributed by atoms with Crippen molar-refractivity contribution < 1.29 is 14.5 Å². The Kier molecular flexibility index (Phi) is 2.72. The van der Waals surface area contributed by atoms with Crippen LogP contribution in [-0.4, -0.2) is 33.1 Å². The summed E-state index contributed by atoms with van der Waals surface area (Å²) in [5.41, 5.74) is 0. The lowest BCUT2D eigenvalue weighted by molar-refractivity contribution is -0.00868. The van der Waals surface area contributed by atoms with Crippen molar-refractivity contribution in [3.63, 3.8) is 0 Å². The van der Waals surface area contributed by atoms with Crippen LogP contribution in [0.4, 0.5) is 10.6 Å². The number of amides is 1. The molecule has 0 atom stereocenters. The topological polar surface area (TPSA) is 83.2 Å². The van der Waals surface area contributed by atoms with Gasteiger partial charge in [-0.2, -0.15) is 0 Å². The summed E-state index contributed by atoms with van der Waals surface area (Å²) in [6.07, 6.45) is 4.10. The van der Waals surface area contributed by atoms with Crippen molar-refractivity contribution in [2.24, 2.45) is 0 Å². The number of hydrogen-bond acceptors (Lipinski definition) is 5. The number of nitrogens with zero attached hydrogens (tertiary/aromatic N) is 4. The van der Waals surface area contributed by atoms with E-state index in [0.29, 0.717) is 5.82 Å². The maximum atomic E-state index is 10.9. The smallest absolute Gasteiger partial charge is 0.412 e. The van der Waals surface area contributed by atoms with Gasteiger partial charge in [-0.3, -0.25) is 5.32 Å². The minimum Gasteiger partial charge on any atom is -0.453 e. The number of hydrogen-bond donors (Lipinski definition) is 1. The van der Waals surface area contributed by atoms with Crippen molar-refractivity contribution in [3.8, 4) is 0 Å². The Hall–Kier alpha value is -2.51. The molecule has 2 rings (SSSR count). The molecule has 0 unspecified atom stereocenters. The van der Waals surface area contributed by atoms with E-state index in [2.05, 4.69) is 20.3 Å². The second kappa shape index (κ2) is 4.34. The van der Waals surface area contributed by atoms with Crippen LogP contribution in [0.25, 0.3) is 0 Å². The second-order valence-electron chi connectivity index (χ2n) is 2.71. The number of aromatic nitrogens is 4. The van der Waals surface area contributed by atoms with E-state index < -0.39 is 6.09 Å². The predicted molar refractivity (Wildman–Crippen MR) is 52.5 cm³/mol. The lowest BCUT2D eigenvalue weighted by atomic mass is 10.6. The Morgan fingerprint density at radius 3 is 3.00 bits per heavy atom. The third kappa shape index (κ3) is 2.29. The van der Waals surface area contributed by atoms with Crippen LogP contribution in [0.5, 0.6) is 0 Å². The Bertz CT molecular complexity index is 464. The van der Waals surface area contributed by atoms with Crippen LogP contribution in [0, 0.1) is 0 Å². The van der Waals surface area contributed by atoms with Crippen molar-refractivity contribution in [1.82, 2.24) is 19.9 Å². The monoisotopic (exact) mass is 223 g/mol. The van der Waals surface area contributed by atoms with E-state index in [4.69, 9.17) is 4.94 Å². The Balaban J connectivity index is 1.99. The van der Waals surface area contributed by atoms with Crippen LogP contribution >= 0.6 is 0 Å². The number of methoxy groups -OCH3 is 1. The number of anilines is 1. The number of carbonyl (C=O) groups is 1. The van der Waals surface area contributed by atoms with Gasteiger partial charge in [0.15, 0.2) is 5.82 Å². The Labute approximate surface area is 90.3 Å². The lowest BCUT2D eigenvalue weighted by Crippen LogP contribution is -2.19. The van der Waals surface area contributed by atoms with E-state index >= 15 is 0 Å². The number of carbonyl (C=O) groups excluding carboxylic acids is 1. The SMILES string of the molecule is COC(=O)Nc1ccn(On2cccn2)n1. The average molecular weight is 223 g/mol. The summed E-state index contributed by atoms with van der Waals surface area (Å²) in [6, 6.07) is 3.26. The first kappa shape index (κ1) is 10.0. The van der Waals surface area contributed by atoms with Gasteiger partial charge in [-0.05, 0) is 6.07 Å². The molecule has 16 heavy (non-hydrogen) atoms. The van der Waals surface area contributed by atoms with Gasteiger partial charge in [-0.1, -0.05) is 9.69 Å². The molecule has 0 saturated carbocycles. The van der Waals surface area contributed by atoms with Crippen LogP contribution in [0.1, 0.15) is 0 Å². The summed E-state index contributed by atoms with van der Waals surface area (Å²) in [7, 11) is 1.27. The molecule has 1 N–H and O–H groups in total. The van der Waals surface area contributed by atoms with Crippen molar-refractivity contribution in [3.05, 3.63) is 30.7 Å². The molecule has 2 heterocycles. The fourth-order valence-electron chi connectivity index (χ4n) is 0.964. The fraction of sp³-hybridized carbons (Fsp3) is 0.125. The standard InChI is InChI=1S/C8H9N5O3/c1-15-8(14)10-7-3-6-13(11-7)16-12-5-2-4-9-12/h2-6H,1H3,(H,10,11,14). The lowest BCUT2D eigenvalue weighted by Gasteiger charge is -2.01. The van der Waals surface area contributed by atoms with Crippen LogP contribution in [0.15, 0.2) is 30.7 Å². The third-order valence-corrected chi connectivity index (χ3v) is 1.63. The van der Waals surface area contributed by atoms with Gasteiger partial charge in [0.1, 0.15) is 0 Å². The molecule has 1 amide bonds. The summed E-state index contributed by atoms with van der Waals surface area (Å²) < 4.78 is 4.41. The summed E-state index contributed by atoms with van der Waals surface area (Å²) >= 11 is 0. The second-order valence-corrected chi connectivity index (χ2v) is 2.71. The van der Waals surface area contributed by atoms with Gasteiger partial charge >= 0.3 is 6.09 Å². The van der Waals surface area contributed by atoms with Gasteiger partial charge in [0, 0.05) is 6.07 Å². The molecule has 2 aromatic rings. The molecular formula is C8H9N5O3. The molecule has 0 saturated heterocycles. The van der Waals surface area contributed by atoms with Crippen LogP contribution < -0.4 is 10.3 Å². The first-order valence-electron chi connectivity index (χ1n) is 4.37. The highest BCUT2D eigenvalue weighted by atomic mass is 16.8. The molecule has 0 aromatic carbocycles. The summed E-state index contributed by atoms with van der Waals surface area (Å²) in [6.45, 7) is 0. The zero-order valence-electron chi connectivity index (χ0n) is 8.40. The Morgan fingerprint density at radius 1 is 1.44 bits per heavy atom. The van der Waals surface area contributed by atoms with Crippen molar-refractivity contribution in [2.45, 2.75) is 0 Å². The molecule has 0 fully saturated rings. The molecule has 0 aliphatic rings. The molecule has 0 aliphatic heterocycles. The van der Waals surface area contributed by atoms with E-state index in [0.717, 1.165) is 4.85 Å². The fourth-order valence-corrected chi connectivity index (χ4v) is 0.964. The van der Waals surface area contributed by atoms with Crippen molar-refractivity contribution >= 4 is 11.9 Å². The molecular weight excluding hydrogens is 214 g/mol. The Morgan fingerprint density at radius 2 is 2.31 bits per heavy atom. The van der Waals surface area contributed by atoms with Crippen molar-refractivity contribution in [1.29, 1.82) is 0 Å². The van der Waals surface area contributed by atoms with E-state index in [1.54, 1.807) is 24.5 Å². The van der Waals surface area contributed by atoms with Crippen LogP contribution in [0.2, 0.25) is 0 Å². The highest BCUT2D eigenvalue weighted by molar-refractivity contribution is 5.82. The zero-order valence-corrected chi connectivity index (χ0v) is 8.40. The van der Waals surface area contributed by atoms with Crippen LogP contribution in [-0.2, 0) is 4.74 Å². The molecule has 84 valence electrons. The molecule has 8 nitrogen and oxygen atoms in total. The largest absolute Gasteiger partial charge is 0.453 e. The van der Waals surface area contributed by atoms with Crippen molar-refractivity contribution in [2.75, 3.05) is 12.4 Å². The highest BCUT2D eigenvalue weighted by Gasteiger charge is 2.04. The molecule has 0 spiro atoms. The molecule has 0 radical (unpaired) electrons. The minimum atomic E-state index is -0.593. The molecule has 2 aromatic heterocycles. The zero-order chi connectivity index (χ0) is 11.4. The van der Waals surface area contributed by atoms with Gasteiger partial charge in [-0.15, -0.1) is 10.2 Å². The minimum absolute atomic E-state index is 0.319. The normalized spacial score (nSPS) is 9.81. The quantitative estimate of drug-likeness (QED) is 0.800. The first-order valence-corrected chi connectivity index (χ1v) is 4.37. The molecule has 8 heteroatoms. The van der Waals surface area contributed by atoms with Gasteiger partial charge in [0.25, 0.3) is 0 Å². The van der Waals surface area contributed by atoms with Gasteiger partial charge < -0.3 is 4.74 Å². The maximum Gasteiger partial charge on any atom is 0.412 e. The van der Waals surface area contributed by atoms with E-state index in [1.165, 1.54) is 18.2 Å². The van der Waals surface area contributed by atoms with E-state index in [1.807, 2.05) is 0 Å². The van der Waals surface area contributed by atoms with Gasteiger partial charge in [0.05, 0.1) is 25.7 Å². The van der Waals surface area contributed by atoms with E-state index in [-0.39, 0.29) is 0 Å². The predicted octanol–water partition coefficient (Wildman–Crippen LogP) is 0.150. The summed E-state index contributed by atoms with van der Waals surface area (Å²) in [5, 5.41) is 10.1. The van der Waals surface area contributed by atoms with Crippen LogP contribution in [0.3, 0.4) is 0 Å². The number of nitrogens with one attached hydrogen (secondary N) is 1. The molecule has 0 bridgehead atoms. The third-order valence-electron chi connectivity index (χ3n) is 1.63. The van der Waals surface area contributed by atoms with Gasteiger partial charge in [-0.25, -0.2) is 9.73 Å². The average Bonchev–Trinajstić information content (AvgIpc) is 2.91. The molecule has 0 aliphatic carbocycles. The van der Waals surface area contributed by atoms with E-state index in [9.17, 15) is 4.79 Å². The highest BCUT2D eigenvalue weighted by Crippen LogP contribution is 2.01. The summed E-state index contributed by atoms with van der Waals surface area (Å²) in [5.74, 6) is 0.319. The summed E-state index contributed by atoms with van der Waals surface area (Å²) in [4.78, 5) is 18.4. The maximum absolute atomic E-state index is 10.9. The van der Waals surface area contributed by atoms with Gasteiger partial charge in [0.2, 0.25) is 0 Å². The first-order chi connectivity index (χ1) is 7.78. The number of rotatable bonds is 3.